The van der Waals surface area contributed by atoms with Crippen LogP contribution in [0.4, 0.5) is 5.69 Å². The van der Waals surface area contributed by atoms with Gasteiger partial charge in [0.1, 0.15) is 0 Å². The topological polar surface area (TPSA) is 24.5 Å². The highest BCUT2D eigenvalue weighted by atomic mass is 32.1. The molecule has 0 amide bonds. The zero-order chi connectivity index (χ0) is 16.8. The van der Waals surface area contributed by atoms with Crippen molar-refractivity contribution in [1.29, 1.82) is 0 Å². The second-order valence-corrected chi connectivity index (χ2v) is 6.99. The average Bonchev–Trinajstić information content (AvgIpc) is 3.04. The third-order valence-electron chi connectivity index (χ3n) is 3.84. The summed E-state index contributed by atoms with van der Waals surface area (Å²) < 4.78 is 5.25. The van der Waals surface area contributed by atoms with Crippen molar-refractivity contribution in [3.63, 3.8) is 0 Å². The van der Waals surface area contributed by atoms with E-state index in [0.717, 1.165) is 17.3 Å². The van der Waals surface area contributed by atoms with Crippen LogP contribution in [-0.2, 0) is 4.74 Å². The minimum Gasteiger partial charge on any atom is -0.383 e. The van der Waals surface area contributed by atoms with E-state index in [2.05, 4.69) is 66.7 Å². The van der Waals surface area contributed by atoms with Crippen molar-refractivity contribution in [3.05, 3.63) is 51.7 Å². The van der Waals surface area contributed by atoms with Gasteiger partial charge in [-0.25, -0.2) is 0 Å². The monoisotopic (exact) mass is 348 g/mol. The highest BCUT2D eigenvalue weighted by Crippen LogP contribution is 2.26. The molecule has 2 rings (SSSR count). The number of aryl methyl sites for hydroxylation is 2. The Morgan fingerprint density at radius 2 is 2.13 bits per heavy atom. The molecule has 1 atom stereocenters. The predicted octanol–water partition coefficient (Wildman–Crippen LogP) is 4.77. The number of benzene rings is 1. The van der Waals surface area contributed by atoms with Gasteiger partial charge in [0.25, 0.3) is 0 Å². The molecule has 124 valence electrons. The van der Waals surface area contributed by atoms with E-state index in [1.54, 1.807) is 18.4 Å². The van der Waals surface area contributed by atoms with Crippen LogP contribution >= 0.6 is 23.6 Å². The summed E-state index contributed by atoms with van der Waals surface area (Å²) in [5.41, 5.74) is 3.51. The lowest BCUT2D eigenvalue weighted by Crippen LogP contribution is -2.39. The third-order valence-corrected chi connectivity index (χ3v) is 5.22. The van der Waals surface area contributed by atoms with E-state index in [9.17, 15) is 0 Å². The highest BCUT2D eigenvalue weighted by molar-refractivity contribution is 7.80. The van der Waals surface area contributed by atoms with Gasteiger partial charge in [0.2, 0.25) is 0 Å². The number of anilines is 1. The Morgan fingerprint density at radius 1 is 1.35 bits per heavy atom. The average molecular weight is 349 g/mol. The van der Waals surface area contributed by atoms with Crippen LogP contribution in [0.1, 0.15) is 29.0 Å². The first-order chi connectivity index (χ1) is 11.0. The minimum atomic E-state index is 0.218. The van der Waals surface area contributed by atoms with E-state index in [1.807, 2.05) is 0 Å². The largest absolute Gasteiger partial charge is 0.383 e. The van der Waals surface area contributed by atoms with Gasteiger partial charge in [0.15, 0.2) is 5.11 Å². The molecule has 0 saturated carbocycles. The fraction of sp³-hybridized carbons (Fsp3) is 0.389. The second-order valence-electron chi connectivity index (χ2n) is 5.63. The molecule has 1 aromatic heterocycles. The van der Waals surface area contributed by atoms with Gasteiger partial charge in [-0.15, -0.1) is 11.3 Å². The number of ether oxygens (including phenoxy) is 1. The smallest absolute Gasteiger partial charge is 0.174 e. The van der Waals surface area contributed by atoms with Crippen molar-refractivity contribution in [2.24, 2.45) is 0 Å². The SMILES string of the molecule is COCCN(C(=S)Nc1ccc(C)cc1C)[C@H](C)c1cccs1. The molecule has 23 heavy (non-hydrogen) atoms. The van der Waals surface area contributed by atoms with Crippen molar-refractivity contribution in [2.75, 3.05) is 25.6 Å². The van der Waals surface area contributed by atoms with Crippen LogP contribution in [0.15, 0.2) is 35.7 Å². The summed E-state index contributed by atoms with van der Waals surface area (Å²) in [6.45, 7) is 7.77. The maximum absolute atomic E-state index is 5.68. The van der Waals surface area contributed by atoms with Crippen molar-refractivity contribution < 1.29 is 4.74 Å². The second kappa shape index (κ2) is 8.43. The lowest BCUT2D eigenvalue weighted by Gasteiger charge is -2.31. The fourth-order valence-corrected chi connectivity index (χ4v) is 3.64. The Morgan fingerprint density at radius 3 is 2.74 bits per heavy atom. The predicted molar refractivity (Wildman–Crippen MR) is 103 cm³/mol. The van der Waals surface area contributed by atoms with Gasteiger partial charge in [-0.05, 0) is 56.1 Å². The summed E-state index contributed by atoms with van der Waals surface area (Å²) in [5.74, 6) is 0. The summed E-state index contributed by atoms with van der Waals surface area (Å²) in [5, 5.41) is 6.23. The molecule has 0 spiro atoms. The molecule has 1 heterocycles. The van der Waals surface area contributed by atoms with E-state index in [4.69, 9.17) is 17.0 Å². The molecule has 2 aromatic rings. The molecule has 3 nitrogen and oxygen atoms in total. The summed E-state index contributed by atoms with van der Waals surface area (Å²) in [7, 11) is 1.72. The van der Waals surface area contributed by atoms with Gasteiger partial charge < -0.3 is 15.0 Å². The number of thiocarbonyl (C=S) groups is 1. The van der Waals surface area contributed by atoms with Gasteiger partial charge in [0, 0.05) is 24.2 Å². The quantitative estimate of drug-likeness (QED) is 0.760. The molecule has 5 heteroatoms. The molecule has 0 unspecified atom stereocenters. The Kier molecular flexibility index (Phi) is 6.57. The normalized spacial score (nSPS) is 12.0. The van der Waals surface area contributed by atoms with E-state index < -0.39 is 0 Å². The van der Waals surface area contributed by atoms with Crippen LogP contribution in [0.2, 0.25) is 0 Å². The molecule has 0 bridgehead atoms. The van der Waals surface area contributed by atoms with E-state index in [-0.39, 0.29) is 6.04 Å². The van der Waals surface area contributed by atoms with Crippen molar-refractivity contribution in [1.82, 2.24) is 4.90 Å². The fourth-order valence-electron chi connectivity index (χ4n) is 2.48. The Labute approximate surface area is 148 Å². The number of thiophene rings is 1. The number of rotatable bonds is 6. The van der Waals surface area contributed by atoms with Crippen molar-refractivity contribution in [3.8, 4) is 0 Å². The first kappa shape index (κ1) is 17.9. The molecule has 0 fully saturated rings. The van der Waals surface area contributed by atoms with Crippen molar-refractivity contribution in [2.45, 2.75) is 26.8 Å². The third kappa shape index (κ3) is 4.77. The van der Waals surface area contributed by atoms with Crippen LogP contribution in [-0.4, -0.2) is 30.3 Å². The Bertz CT molecular complexity index is 640. The maximum Gasteiger partial charge on any atom is 0.174 e. The summed E-state index contributed by atoms with van der Waals surface area (Å²) in [6, 6.07) is 10.8. The number of nitrogens with one attached hydrogen (secondary N) is 1. The van der Waals surface area contributed by atoms with Crippen LogP contribution in [0.5, 0.6) is 0 Å². The first-order valence-corrected chi connectivity index (χ1v) is 8.99. The lowest BCUT2D eigenvalue weighted by molar-refractivity contribution is 0.166. The van der Waals surface area contributed by atoms with Crippen LogP contribution in [0, 0.1) is 13.8 Å². The summed E-state index contributed by atoms with van der Waals surface area (Å²) in [6.07, 6.45) is 0. The zero-order valence-corrected chi connectivity index (χ0v) is 15.8. The van der Waals surface area contributed by atoms with Crippen LogP contribution in [0.3, 0.4) is 0 Å². The van der Waals surface area contributed by atoms with E-state index in [0.29, 0.717) is 6.61 Å². The van der Waals surface area contributed by atoms with E-state index >= 15 is 0 Å². The Hall–Kier alpha value is -1.43. The molecule has 0 aliphatic carbocycles. The van der Waals surface area contributed by atoms with Gasteiger partial charge in [0.05, 0.1) is 12.6 Å². The van der Waals surface area contributed by atoms with Gasteiger partial charge >= 0.3 is 0 Å². The molecule has 0 radical (unpaired) electrons. The highest BCUT2D eigenvalue weighted by Gasteiger charge is 2.19. The maximum atomic E-state index is 5.68. The number of methoxy groups -OCH3 is 1. The summed E-state index contributed by atoms with van der Waals surface area (Å²) in [4.78, 5) is 3.48. The lowest BCUT2D eigenvalue weighted by atomic mass is 10.1. The first-order valence-electron chi connectivity index (χ1n) is 7.70. The zero-order valence-electron chi connectivity index (χ0n) is 14.1. The minimum absolute atomic E-state index is 0.218. The molecular weight excluding hydrogens is 324 g/mol. The van der Waals surface area contributed by atoms with Gasteiger partial charge in [-0.3, -0.25) is 0 Å². The van der Waals surface area contributed by atoms with Crippen LogP contribution in [0.25, 0.3) is 0 Å². The van der Waals surface area contributed by atoms with Gasteiger partial charge in [-0.2, -0.15) is 0 Å². The number of hydrogen-bond acceptors (Lipinski definition) is 3. The Balaban J connectivity index is 2.15. The van der Waals surface area contributed by atoms with Gasteiger partial charge in [-0.1, -0.05) is 23.8 Å². The molecule has 1 aromatic carbocycles. The molecular formula is C18H24N2OS2. The summed E-state index contributed by atoms with van der Waals surface area (Å²) >= 11 is 7.43. The standard InChI is InChI=1S/C18H24N2OS2/c1-13-7-8-16(14(2)12-13)19-18(22)20(9-10-21-4)15(3)17-6-5-11-23-17/h5-8,11-12,15H,9-10H2,1-4H3,(H,19,22)/t15-/m1/s1. The number of nitrogens with zero attached hydrogens (tertiary/aromatic N) is 1. The molecule has 1 N–H and O–H groups in total. The van der Waals surface area contributed by atoms with E-state index in [1.165, 1.54) is 16.0 Å². The molecule has 0 aliphatic rings. The number of hydrogen-bond donors (Lipinski definition) is 1. The molecule has 0 saturated heterocycles. The van der Waals surface area contributed by atoms with Crippen molar-refractivity contribution >= 4 is 34.4 Å². The molecule has 0 aliphatic heterocycles. The van der Waals surface area contributed by atoms with Crippen LogP contribution < -0.4 is 5.32 Å².